The molecule has 1 heteroatoms. The van der Waals surface area contributed by atoms with Crippen LogP contribution in [0.2, 0.25) is 0 Å². The van der Waals surface area contributed by atoms with Gasteiger partial charge in [-0.25, -0.2) is 0 Å². The molecule has 0 spiro atoms. The van der Waals surface area contributed by atoms with E-state index in [4.69, 9.17) is 0 Å². The number of allylic oxidation sites excluding steroid dienone is 1. The predicted octanol–water partition coefficient (Wildman–Crippen LogP) is 4.80. The number of nitriles is 1. The number of fused-ring (bicyclic) bond motifs is 1. The first-order chi connectivity index (χ1) is 8.41. The fraction of sp³-hybridized carbons (Fsp3) is 0.824. The first kappa shape index (κ1) is 13.7. The van der Waals surface area contributed by atoms with Crippen molar-refractivity contribution in [3.63, 3.8) is 0 Å². The van der Waals surface area contributed by atoms with Crippen LogP contribution in [-0.4, -0.2) is 0 Å². The fourth-order valence-electron chi connectivity index (χ4n) is 5.01. The van der Waals surface area contributed by atoms with Crippen molar-refractivity contribution < 1.29 is 0 Å². The summed E-state index contributed by atoms with van der Waals surface area (Å²) in [6.07, 6.45) is 5.03. The van der Waals surface area contributed by atoms with E-state index in [1.54, 1.807) is 0 Å². The topological polar surface area (TPSA) is 23.8 Å². The van der Waals surface area contributed by atoms with Crippen LogP contribution in [0.25, 0.3) is 0 Å². The third-order valence-electron chi connectivity index (χ3n) is 5.93. The Morgan fingerprint density at radius 1 is 1.33 bits per heavy atom. The van der Waals surface area contributed by atoms with Crippen LogP contribution < -0.4 is 0 Å². The Kier molecular flexibility index (Phi) is 3.58. The minimum atomic E-state index is 0.213. The smallest absolute Gasteiger partial charge is 0.0665 e. The van der Waals surface area contributed by atoms with Crippen LogP contribution in [0.15, 0.2) is 12.2 Å². The van der Waals surface area contributed by atoms with Crippen molar-refractivity contribution in [2.24, 2.45) is 35.0 Å². The number of hydrogen-bond donors (Lipinski definition) is 0. The maximum atomic E-state index is 9.61. The van der Waals surface area contributed by atoms with Crippen LogP contribution in [0.4, 0.5) is 0 Å². The number of hydrogen-bond acceptors (Lipinski definition) is 1. The zero-order valence-electron chi connectivity index (χ0n) is 12.4. The molecule has 0 aliphatic heterocycles. The van der Waals surface area contributed by atoms with E-state index in [1.807, 2.05) is 0 Å². The van der Waals surface area contributed by atoms with Crippen molar-refractivity contribution in [2.75, 3.05) is 0 Å². The summed E-state index contributed by atoms with van der Waals surface area (Å²) >= 11 is 0. The molecule has 0 aromatic carbocycles. The summed E-state index contributed by atoms with van der Waals surface area (Å²) < 4.78 is 0. The highest BCUT2D eigenvalue weighted by Crippen LogP contribution is 2.61. The predicted molar refractivity (Wildman–Crippen MR) is 75.8 cm³/mol. The van der Waals surface area contributed by atoms with E-state index in [1.165, 1.54) is 31.3 Å². The van der Waals surface area contributed by atoms with Crippen molar-refractivity contribution in [2.45, 2.75) is 53.4 Å². The zero-order valence-corrected chi connectivity index (χ0v) is 12.4. The Morgan fingerprint density at radius 3 is 2.50 bits per heavy atom. The molecule has 2 rings (SSSR count). The van der Waals surface area contributed by atoms with Gasteiger partial charge in [0.2, 0.25) is 0 Å². The van der Waals surface area contributed by atoms with Crippen molar-refractivity contribution in [3.8, 4) is 6.07 Å². The van der Waals surface area contributed by atoms with E-state index in [0.717, 1.165) is 11.8 Å². The van der Waals surface area contributed by atoms with Gasteiger partial charge in [0.15, 0.2) is 0 Å². The van der Waals surface area contributed by atoms with E-state index in [9.17, 15) is 5.26 Å². The molecular weight excluding hydrogens is 218 g/mol. The molecule has 0 amide bonds. The molecule has 1 unspecified atom stereocenters. The molecule has 0 aromatic rings. The Labute approximate surface area is 112 Å². The molecule has 0 N–H and O–H groups in total. The van der Waals surface area contributed by atoms with Crippen LogP contribution in [0.5, 0.6) is 0 Å². The van der Waals surface area contributed by atoms with Gasteiger partial charge in [-0.2, -0.15) is 5.26 Å². The van der Waals surface area contributed by atoms with Crippen molar-refractivity contribution in [3.05, 3.63) is 12.2 Å². The Bertz CT molecular complexity index is 376. The molecule has 0 radical (unpaired) electrons. The lowest BCUT2D eigenvalue weighted by Crippen LogP contribution is -2.42. The van der Waals surface area contributed by atoms with Crippen LogP contribution in [0, 0.1) is 46.3 Å². The number of nitrogens with zero attached hydrogens (tertiary/aromatic N) is 1. The molecule has 0 bridgehead atoms. The molecule has 0 aromatic heterocycles. The SMILES string of the molecule is C=C(C)[C@H]1CC[C@@]2(C)C(CC[C@@H]2C(C)C)[C@@H]1C#N. The molecule has 18 heavy (non-hydrogen) atoms. The first-order valence-electron chi connectivity index (χ1n) is 7.46. The highest BCUT2D eigenvalue weighted by atomic mass is 14.6. The van der Waals surface area contributed by atoms with Gasteiger partial charge in [0.05, 0.1) is 12.0 Å². The summed E-state index contributed by atoms with van der Waals surface area (Å²) in [7, 11) is 0. The van der Waals surface area contributed by atoms with E-state index in [0.29, 0.717) is 17.3 Å². The standard InChI is InChI=1S/C17H27N/c1-11(2)13-8-9-17(5)15(12(3)4)6-7-16(17)14(13)10-18/h12-16H,1,6-9H2,2-5H3/t13-,14-,15-,16?,17-/m1/s1. The molecule has 2 saturated carbocycles. The Hall–Kier alpha value is -0.770. The van der Waals surface area contributed by atoms with Gasteiger partial charge in [-0.15, -0.1) is 0 Å². The lowest BCUT2D eigenvalue weighted by Gasteiger charge is -2.47. The maximum Gasteiger partial charge on any atom is 0.0665 e. The maximum absolute atomic E-state index is 9.61. The lowest BCUT2D eigenvalue weighted by molar-refractivity contribution is 0.0306. The van der Waals surface area contributed by atoms with Gasteiger partial charge >= 0.3 is 0 Å². The van der Waals surface area contributed by atoms with Gasteiger partial charge in [0, 0.05) is 0 Å². The van der Waals surface area contributed by atoms with Crippen LogP contribution in [-0.2, 0) is 0 Å². The van der Waals surface area contributed by atoms with Gasteiger partial charge in [-0.05, 0) is 61.7 Å². The van der Waals surface area contributed by atoms with E-state index in [2.05, 4.69) is 40.3 Å². The van der Waals surface area contributed by atoms with Gasteiger partial charge in [0.1, 0.15) is 0 Å². The van der Waals surface area contributed by atoms with E-state index in [-0.39, 0.29) is 5.92 Å². The highest BCUT2D eigenvalue weighted by Gasteiger charge is 2.54. The average molecular weight is 245 g/mol. The molecule has 1 nitrogen and oxygen atoms in total. The second-order valence-electron chi connectivity index (χ2n) is 7.19. The summed E-state index contributed by atoms with van der Waals surface area (Å²) in [6, 6.07) is 2.63. The summed E-state index contributed by atoms with van der Waals surface area (Å²) in [5.74, 6) is 2.82. The summed E-state index contributed by atoms with van der Waals surface area (Å²) in [6.45, 7) is 13.4. The minimum absolute atomic E-state index is 0.213. The third kappa shape index (κ3) is 1.91. The molecule has 5 atom stereocenters. The minimum Gasteiger partial charge on any atom is -0.198 e. The summed E-state index contributed by atoms with van der Waals surface area (Å²) in [5, 5.41) is 9.61. The second-order valence-corrected chi connectivity index (χ2v) is 7.19. The molecule has 2 aliphatic carbocycles. The molecule has 0 saturated heterocycles. The lowest BCUT2D eigenvalue weighted by atomic mass is 9.56. The molecule has 0 heterocycles. The van der Waals surface area contributed by atoms with E-state index >= 15 is 0 Å². The zero-order chi connectivity index (χ0) is 13.5. The highest BCUT2D eigenvalue weighted by molar-refractivity contribution is 5.14. The molecule has 2 aliphatic rings. The van der Waals surface area contributed by atoms with Crippen molar-refractivity contribution >= 4 is 0 Å². The van der Waals surface area contributed by atoms with Crippen LogP contribution in [0.3, 0.4) is 0 Å². The Morgan fingerprint density at radius 2 is 2.00 bits per heavy atom. The first-order valence-corrected chi connectivity index (χ1v) is 7.46. The van der Waals surface area contributed by atoms with Gasteiger partial charge < -0.3 is 0 Å². The third-order valence-corrected chi connectivity index (χ3v) is 5.93. The Balaban J connectivity index is 2.29. The van der Waals surface area contributed by atoms with Crippen LogP contribution in [0.1, 0.15) is 53.4 Å². The van der Waals surface area contributed by atoms with E-state index < -0.39 is 0 Å². The van der Waals surface area contributed by atoms with Gasteiger partial charge in [-0.3, -0.25) is 0 Å². The monoisotopic (exact) mass is 245 g/mol. The number of rotatable bonds is 2. The fourth-order valence-corrected chi connectivity index (χ4v) is 5.01. The van der Waals surface area contributed by atoms with Gasteiger partial charge in [-0.1, -0.05) is 32.9 Å². The average Bonchev–Trinajstić information content (AvgIpc) is 2.64. The quantitative estimate of drug-likeness (QED) is 0.641. The van der Waals surface area contributed by atoms with Crippen molar-refractivity contribution in [1.82, 2.24) is 0 Å². The van der Waals surface area contributed by atoms with Crippen molar-refractivity contribution in [1.29, 1.82) is 5.26 Å². The largest absolute Gasteiger partial charge is 0.198 e. The van der Waals surface area contributed by atoms with Gasteiger partial charge in [0.25, 0.3) is 0 Å². The second kappa shape index (κ2) is 4.72. The normalized spacial score (nSPS) is 43.6. The van der Waals surface area contributed by atoms with Crippen LogP contribution >= 0.6 is 0 Å². The summed E-state index contributed by atoms with van der Waals surface area (Å²) in [4.78, 5) is 0. The molecule has 2 fully saturated rings. The molecule has 100 valence electrons. The summed E-state index contributed by atoms with van der Waals surface area (Å²) in [5.41, 5.74) is 1.62. The molecular formula is C17H27N.